The van der Waals surface area contributed by atoms with E-state index in [-0.39, 0.29) is 5.60 Å². The van der Waals surface area contributed by atoms with Crippen LogP contribution in [0, 0.1) is 0 Å². The normalized spacial score (nSPS) is 20.5. The Bertz CT molecular complexity index is 210. The molecule has 1 rings (SSSR count). The van der Waals surface area contributed by atoms with Gasteiger partial charge in [0, 0.05) is 6.92 Å². The van der Waals surface area contributed by atoms with E-state index >= 15 is 0 Å². The lowest BCUT2D eigenvalue weighted by Gasteiger charge is -2.12. The first kappa shape index (κ1) is 8.46. The molecule has 0 spiro atoms. The molecule has 1 aliphatic heterocycles. The van der Waals surface area contributed by atoms with Crippen LogP contribution >= 0.6 is 12.2 Å². The van der Waals surface area contributed by atoms with Crippen molar-refractivity contribution >= 4 is 23.2 Å². The fraction of sp³-hybridized carbons (Fsp3) is 0.714. The van der Waals surface area contributed by atoms with Crippen LogP contribution < -0.4 is 0 Å². The number of ether oxygens (including phenoxy) is 1. The number of rotatable bonds is 0. The Morgan fingerprint density at radius 3 is 2.73 bits per heavy atom. The smallest absolute Gasteiger partial charge is 0.236 e. The van der Waals surface area contributed by atoms with E-state index < -0.39 is 0 Å². The molecule has 0 N–H and O–H groups in total. The molecule has 1 heterocycles. The standard InChI is InChI=1S/C7H11NO2S/c1-5(11)9-6-4-7(2,3)10-8-6/h4H2,1-3H3. The molecule has 3 nitrogen and oxygen atoms in total. The molecule has 0 fully saturated rings. The molecule has 0 atom stereocenters. The molecule has 0 saturated heterocycles. The van der Waals surface area contributed by atoms with Crippen molar-refractivity contribution in [1.82, 2.24) is 0 Å². The topological polar surface area (TPSA) is 30.8 Å². The van der Waals surface area contributed by atoms with Gasteiger partial charge in [-0.1, -0.05) is 5.16 Å². The second-order valence-electron chi connectivity index (χ2n) is 3.11. The fourth-order valence-electron chi connectivity index (χ4n) is 0.824. The van der Waals surface area contributed by atoms with E-state index in [0.717, 1.165) is 0 Å². The maximum absolute atomic E-state index is 5.10. The van der Waals surface area contributed by atoms with E-state index in [1.165, 1.54) is 0 Å². The first-order chi connectivity index (χ1) is 4.99. The molecular formula is C7H11NO2S. The Balaban J connectivity index is 2.47. The number of thiocarbonyl (C=S) groups is 1. The van der Waals surface area contributed by atoms with Gasteiger partial charge in [0.25, 0.3) is 0 Å². The van der Waals surface area contributed by atoms with Gasteiger partial charge in [-0.25, -0.2) is 0 Å². The SMILES string of the molecule is CC(=S)OC1=NOC(C)(C)C1. The van der Waals surface area contributed by atoms with Crippen molar-refractivity contribution in [2.45, 2.75) is 32.8 Å². The molecule has 0 saturated carbocycles. The van der Waals surface area contributed by atoms with Crippen LogP contribution in [-0.4, -0.2) is 16.5 Å². The van der Waals surface area contributed by atoms with Gasteiger partial charge in [0.1, 0.15) is 5.60 Å². The van der Waals surface area contributed by atoms with Crippen molar-refractivity contribution in [2.24, 2.45) is 5.16 Å². The highest BCUT2D eigenvalue weighted by molar-refractivity contribution is 7.80. The molecule has 0 aromatic heterocycles. The van der Waals surface area contributed by atoms with Crippen molar-refractivity contribution < 1.29 is 9.57 Å². The van der Waals surface area contributed by atoms with Crippen LogP contribution in [0.25, 0.3) is 0 Å². The quantitative estimate of drug-likeness (QED) is 0.524. The minimum absolute atomic E-state index is 0.236. The fourth-order valence-corrected chi connectivity index (χ4v) is 0.920. The Hall–Kier alpha value is -0.640. The molecule has 11 heavy (non-hydrogen) atoms. The largest absolute Gasteiger partial charge is 0.433 e. The molecule has 62 valence electrons. The number of hydrogen-bond acceptors (Lipinski definition) is 4. The number of hydrogen-bond donors (Lipinski definition) is 0. The lowest BCUT2D eigenvalue weighted by atomic mass is 10.1. The Labute approximate surface area is 71.4 Å². The molecule has 0 aromatic carbocycles. The zero-order valence-corrected chi connectivity index (χ0v) is 7.70. The van der Waals surface area contributed by atoms with Crippen molar-refractivity contribution in [3.63, 3.8) is 0 Å². The summed E-state index contributed by atoms with van der Waals surface area (Å²) in [6, 6.07) is 0. The van der Waals surface area contributed by atoms with E-state index in [1.54, 1.807) is 6.92 Å². The summed E-state index contributed by atoms with van der Waals surface area (Å²) in [6.07, 6.45) is 0.682. The van der Waals surface area contributed by atoms with Gasteiger partial charge in [0.15, 0.2) is 5.05 Å². The third-order valence-corrected chi connectivity index (χ3v) is 1.32. The monoisotopic (exact) mass is 173 g/mol. The molecule has 4 heteroatoms. The molecule has 0 radical (unpaired) electrons. The molecule has 0 amide bonds. The first-order valence-electron chi connectivity index (χ1n) is 3.43. The summed E-state index contributed by atoms with van der Waals surface area (Å²) in [6.45, 7) is 5.61. The summed E-state index contributed by atoms with van der Waals surface area (Å²) in [5, 5.41) is 4.21. The van der Waals surface area contributed by atoms with Gasteiger partial charge < -0.3 is 9.57 Å². The Morgan fingerprint density at radius 2 is 2.36 bits per heavy atom. The van der Waals surface area contributed by atoms with Crippen molar-refractivity contribution in [1.29, 1.82) is 0 Å². The molecule has 0 bridgehead atoms. The summed E-state index contributed by atoms with van der Waals surface area (Å²) in [4.78, 5) is 5.06. The van der Waals surface area contributed by atoms with Crippen LogP contribution in [0.1, 0.15) is 27.2 Å². The van der Waals surface area contributed by atoms with Crippen molar-refractivity contribution in [3.05, 3.63) is 0 Å². The summed E-state index contributed by atoms with van der Waals surface area (Å²) in [7, 11) is 0. The van der Waals surface area contributed by atoms with E-state index in [1.807, 2.05) is 13.8 Å². The number of nitrogens with zero attached hydrogens (tertiary/aromatic N) is 1. The zero-order valence-electron chi connectivity index (χ0n) is 6.88. The highest BCUT2D eigenvalue weighted by atomic mass is 32.1. The summed E-state index contributed by atoms with van der Waals surface area (Å²) in [5.74, 6) is 0.572. The lowest BCUT2D eigenvalue weighted by molar-refractivity contribution is 0.0123. The van der Waals surface area contributed by atoms with Crippen LogP contribution in [-0.2, 0) is 9.57 Å². The van der Waals surface area contributed by atoms with Gasteiger partial charge in [0.2, 0.25) is 5.90 Å². The predicted octanol–water partition coefficient (Wildman–Crippen LogP) is 1.86. The highest BCUT2D eigenvalue weighted by Crippen LogP contribution is 2.22. The molecule has 0 aromatic rings. The van der Waals surface area contributed by atoms with Gasteiger partial charge in [-0.05, 0) is 26.1 Å². The summed E-state index contributed by atoms with van der Waals surface area (Å²) < 4.78 is 5.10. The van der Waals surface area contributed by atoms with Gasteiger partial charge in [-0.2, -0.15) is 0 Å². The minimum Gasteiger partial charge on any atom is -0.433 e. The van der Waals surface area contributed by atoms with Crippen LogP contribution in [0.3, 0.4) is 0 Å². The van der Waals surface area contributed by atoms with Crippen LogP contribution in [0.4, 0.5) is 0 Å². The summed E-state index contributed by atoms with van der Waals surface area (Å²) >= 11 is 4.75. The van der Waals surface area contributed by atoms with Gasteiger partial charge in [0.05, 0.1) is 6.42 Å². The van der Waals surface area contributed by atoms with Crippen molar-refractivity contribution in [2.75, 3.05) is 0 Å². The lowest BCUT2D eigenvalue weighted by Crippen LogP contribution is -2.20. The van der Waals surface area contributed by atoms with Crippen molar-refractivity contribution in [3.8, 4) is 0 Å². The Kier molecular flexibility index (Phi) is 2.13. The Morgan fingerprint density at radius 1 is 1.73 bits per heavy atom. The van der Waals surface area contributed by atoms with Crippen LogP contribution in [0.15, 0.2) is 5.16 Å². The van der Waals surface area contributed by atoms with E-state index in [2.05, 4.69) is 5.16 Å². The second kappa shape index (κ2) is 2.77. The third kappa shape index (κ3) is 2.46. The van der Waals surface area contributed by atoms with Gasteiger partial charge in [-0.15, -0.1) is 0 Å². The molecule has 1 aliphatic rings. The average molecular weight is 173 g/mol. The predicted molar refractivity (Wildman–Crippen MR) is 46.6 cm³/mol. The maximum atomic E-state index is 5.10. The highest BCUT2D eigenvalue weighted by Gasteiger charge is 2.30. The minimum atomic E-state index is -0.236. The molecular weight excluding hydrogens is 162 g/mol. The second-order valence-corrected chi connectivity index (χ2v) is 3.68. The van der Waals surface area contributed by atoms with Gasteiger partial charge >= 0.3 is 0 Å². The van der Waals surface area contributed by atoms with Gasteiger partial charge in [-0.3, -0.25) is 0 Å². The molecule has 0 aliphatic carbocycles. The third-order valence-electron chi connectivity index (χ3n) is 1.23. The average Bonchev–Trinajstić information content (AvgIpc) is 2.08. The molecule has 0 unspecified atom stereocenters. The van der Waals surface area contributed by atoms with E-state index in [9.17, 15) is 0 Å². The first-order valence-corrected chi connectivity index (χ1v) is 3.84. The number of oxime groups is 1. The maximum Gasteiger partial charge on any atom is 0.236 e. The van der Waals surface area contributed by atoms with E-state index in [0.29, 0.717) is 17.4 Å². The van der Waals surface area contributed by atoms with Crippen LogP contribution in [0.5, 0.6) is 0 Å². The zero-order chi connectivity index (χ0) is 8.48. The van der Waals surface area contributed by atoms with E-state index in [4.69, 9.17) is 21.8 Å². The summed E-state index contributed by atoms with van der Waals surface area (Å²) in [5.41, 5.74) is -0.236. The van der Waals surface area contributed by atoms with Crippen LogP contribution in [0.2, 0.25) is 0 Å².